The van der Waals surface area contributed by atoms with Crippen molar-refractivity contribution in [1.29, 1.82) is 0 Å². The van der Waals surface area contributed by atoms with Crippen LogP contribution in [0.2, 0.25) is 0 Å². The maximum Gasteiger partial charge on any atom is 0.0323 e. The first kappa shape index (κ1) is 11.2. The molecule has 0 spiro atoms. The quantitative estimate of drug-likeness (QED) is 0.461. The van der Waals surface area contributed by atoms with E-state index in [1.54, 1.807) is 0 Å². The molecule has 0 aliphatic heterocycles. The van der Waals surface area contributed by atoms with Crippen molar-refractivity contribution in [2.75, 3.05) is 12.3 Å². The highest BCUT2D eigenvalue weighted by molar-refractivity contribution is 5.46. The summed E-state index contributed by atoms with van der Waals surface area (Å²) in [6, 6.07) is 6.78. The number of rotatable bonds is 4. The maximum atomic E-state index is 5.85. The van der Waals surface area contributed by atoms with Crippen LogP contribution in [0.1, 0.15) is 36.4 Å². The van der Waals surface area contributed by atoms with E-state index in [0.29, 0.717) is 6.04 Å². The minimum atomic E-state index is 0.479. The third-order valence-corrected chi connectivity index (χ3v) is 3.22. The number of nitrogens with two attached hydrogens (primary N) is 1. The van der Waals surface area contributed by atoms with Crippen molar-refractivity contribution < 1.29 is 0 Å². The van der Waals surface area contributed by atoms with Crippen molar-refractivity contribution in [3.05, 3.63) is 42.0 Å². The molecule has 3 N–H and O–H groups in total. The Hall–Kier alpha value is -1.28. The number of nitrogens with one attached hydrogen (secondary N) is 1. The lowest BCUT2D eigenvalue weighted by Gasteiger charge is -2.26. The number of nitrogen functional groups attached to an aromatic ring is 1. The Balaban J connectivity index is 2.12. The smallest absolute Gasteiger partial charge is 0.0323 e. The molecule has 2 nitrogen and oxygen atoms in total. The van der Waals surface area contributed by atoms with E-state index < -0.39 is 0 Å². The molecule has 0 radical (unpaired) electrons. The van der Waals surface area contributed by atoms with Crippen LogP contribution in [0.15, 0.2) is 30.9 Å². The Bertz CT molecular complexity index is 371. The predicted octanol–water partition coefficient (Wildman–Crippen LogP) is 2.81. The highest BCUT2D eigenvalue weighted by Gasteiger charge is 2.19. The summed E-state index contributed by atoms with van der Waals surface area (Å²) >= 11 is 0. The van der Waals surface area contributed by atoms with Crippen LogP contribution in [0.4, 0.5) is 5.69 Å². The molecular weight excluding hydrogens is 196 g/mol. The van der Waals surface area contributed by atoms with Crippen molar-refractivity contribution >= 4 is 5.69 Å². The first-order valence-corrected chi connectivity index (χ1v) is 6.04. The van der Waals surface area contributed by atoms with Gasteiger partial charge in [0.2, 0.25) is 0 Å². The first-order valence-electron chi connectivity index (χ1n) is 6.04. The normalized spacial score (nSPS) is 19.1. The molecule has 0 saturated carbocycles. The van der Waals surface area contributed by atoms with Crippen molar-refractivity contribution in [3.8, 4) is 0 Å². The second kappa shape index (κ2) is 5.17. The van der Waals surface area contributed by atoms with E-state index in [1.807, 2.05) is 12.1 Å². The molecule has 1 unspecified atom stereocenters. The summed E-state index contributed by atoms with van der Waals surface area (Å²) in [4.78, 5) is 0. The van der Waals surface area contributed by atoms with Gasteiger partial charge in [0.05, 0.1) is 0 Å². The van der Waals surface area contributed by atoms with Crippen LogP contribution in [-0.2, 0) is 6.42 Å². The number of benzene rings is 1. The molecule has 1 atom stereocenters. The van der Waals surface area contributed by atoms with Crippen LogP contribution in [0.5, 0.6) is 0 Å². The topological polar surface area (TPSA) is 38.0 Å². The van der Waals surface area contributed by atoms with Gasteiger partial charge in [-0.2, -0.15) is 0 Å². The summed E-state index contributed by atoms with van der Waals surface area (Å²) in [6.45, 7) is 4.74. The van der Waals surface area contributed by atoms with Crippen molar-refractivity contribution in [3.63, 3.8) is 0 Å². The number of anilines is 1. The summed E-state index contributed by atoms with van der Waals surface area (Å²) in [5.41, 5.74) is 9.58. The number of fused-ring (bicyclic) bond motifs is 1. The number of hydrogen-bond donors (Lipinski definition) is 2. The Morgan fingerprint density at radius 3 is 3.19 bits per heavy atom. The second-order valence-electron chi connectivity index (χ2n) is 4.43. The average Bonchev–Trinajstić information content (AvgIpc) is 2.30. The fraction of sp³-hybridized carbons (Fsp3) is 0.429. The van der Waals surface area contributed by atoms with Gasteiger partial charge in [-0.3, -0.25) is 0 Å². The zero-order chi connectivity index (χ0) is 11.4. The first-order chi connectivity index (χ1) is 7.81. The standard InChI is InChI=1S/C14H20N2/c1-2-3-9-16-14-6-4-5-11-7-8-12(15)10-13(11)14/h2,7-8,10,14,16H,1,3-6,9,15H2. The molecule has 2 heteroatoms. The number of aryl methyl sites for hydroxylation is 1. The van der Waals surface area contributed by atoms with E-state index in [1.165, 1.54) is 30.4 Å². The van der Waals surface area contributed by atoms with Crippen molar-refractivity contribution in [2.45, 2.75) is 31.7 Å². The molecule has 0 fully saturated rings. The molecule has 0 heterocycles. The van der Waals surface area contributed by atoms with E-state index in [2.05, 4.69) is 24.0 Å². The van der Waals surface area contributed by atoms with Gasteiger partial charge >= 0.3 is 0 Å². The Kier molecular flexibility index (Phi) is 3.62. The second-order valence-corrected chi connectivity index (χ2v) is 4.43. The monoisotopic (exact) mass is 216 g/mol. The minimum Gasteiger partial charge on any atom is -0.399 e. The van der Waals surface area contributed by atoms with E-state index in [0.717, 1.165) is 18.7 Å². The largest absolute Gasteiger partial charge is 0.399 e. The van der Waals surface area contributed by atoms with Crippen LogP contribution in [-0.4, -0.2) is 6.54 Å². The van der Waals surface area contributed by atoms with Gasteiger partial charge in [0.25, 0.3) is 0 Å². The van der Waals surface area contributed by atoms with Gasteiger partial charge in [-0.1, -0.05) is 12.1 Å². The Morgan fingerprint density at radius 1 is 1.50 bits per heavy atom. The molecule has 1 aromatic carbocycles. The molecule has 1 aliphatic rings. The molecule has 0 aromatic heterocycles. The van der Waals surface area contributed by atoms with Crippen molar-refractivity contribution in [2.24, 2.45) is 0 Å². The molecule has 0 amide bonds. The van der Waals surface area contributed by atoms with E-state index >= 15 is 0 Å². The van der Waals surface area contributed by atoms with Crippen LogP contribution in [0.3, 0.4) is 0 Å². The summed E-state index contributed by atoms with van der Waals surface area (Å²) < 4.78 is 0. The van der Waals surface area contributed by atoms with Gasteiger partial charge in [0.15, 0.2) is 0 Å². The van der Waals surface area contributed by atoms with Crippen LogP contribution in [0.25, 0.3) is 0 Å². The van der Waals surface area contributed by atoms with Gasteiger partial charge in [-0.15, -0.1) is 6.58 Å². The highest BCUT2D eigenvalue weighted by atomic mass is 14.9. The van der Waals surface area contributed by atoms with E-state index in [-0.39, 0.29) is 0 Å². The van der Waals surface area contributed by atoms with Crippen LogP contribution in [0, 0.1) is 0 Å². The zero-order valence-electron chi connectivity index (χ0n) is 9.71. The lowest BCUT2D eigenvalue weighted by molar-refractivity contribution is 0.465. The molecule has 2 rings (SSSR count). The third-order valence-electron chi connectivity index (χ3n) is 3.22. The molecule has 1 aliphatic carbocycles. The average molecular weight is 216 g/mol. The van der Waals surface area contributed by atoms with Gasteiger partial charge in [-0.25, -0.2) is 0 Å². The lowest BCUT2D eigenvalue weighted by Crippen LogP contribution is -2.26. The van der Waals surface area contributed by atoms with Crippen LogP contribution < -0.4 is 11.1 Å². The van der Waals surface area contributed by atoms with Gasteiger partial charge in [-0.05, 0) is 55.5 Å². The molecular formula is C14H20N2. The van der Waals surface area contributed by atoms with Gasteiger partial charge in [0.1, 0.15) is 0 Å². The summed E-state index contributed by atoms with van der Waals surface area (Å²) in [7, 11) is 0. The van der Waals surface area contributed by atoms with Crippen molar-refractivity contribution in [1.82, 2.24) is 5.32 Å². The molecule has 86 valence electrons. The zero-order valence-corrected chi connectivity index (χ0v) is 9.71. The predicted molar refractivity (Wildman–Crippen MR) is 69.4 cm³/mol. The lowest BCUT2D eigenvalue weighted by atomic mass is 9.87. The fourth-order valence-corrected chi connectivity index (χ4v) is 2.39. The fourth-order valence-electron chi connectivity index (χ4n) is 2.39. The van der Waals surface area contributed by atoms with Crippen LogP contribution >= 0.6 is 0 Å². The van der Waals surface area contributed by atoms with Gasteiger partial charge < -0.3 is 11.1 Å². The minimum absolute atomic E-state index is 0.479. The van der Waals surface area contributed by atoms with E-state index in [9.17, 15) is 0 Å². The summed E-state index contributed by atoms with van der Waals surface area (Å²) in [5.74, 6) is 0. The summed E-state index contributed by atoms with van der Waals surface area (Å²) in [6.07, 6.45) is 6.65. The summed E-state index contributed by atoms with van der Waals surface area (Å²) in [5, 5.41) is 3.58. The third kappa shape index (κ3) is 2.45. The van der Waals surface area contributed by atoms with E-state index in [4.69, 9.17) is 5.73 Å². The number of hydrogen-bond acceptors (Lipinski definition) is 2. The Morgan fingerprint density at radius 2 is 2.38 bits per heavy atom. The molecule has 0 bridgehead atoms. The Labute approximate surface area is 97.5 Å². The molecule has 1 aromatic rings. The molecule has 16 heavy (non-hydrogen) atoms. The van der Waals surface area contributed by atoms with Gasteiger partial charge in [0, 0.05) is 11.7 Å². The highest BCUT2D eigenvalue weighted by Crippen LogP contribution is 2.30. The maximum absolute atomic E-state index is 5.85. The molecule has 0 saturated heterocycles. The SMILES string of the molecule is C=CCCNC1CCCc2ccc(N)cc21.